The quantitative estimate of drug-likeness (QED) is 0.575. The molecule has 0 radical (unpaired) electrons. The van der Waals surface area contributed by atoms with Gasteiger partial charge in [-0.15, -0.1) is 0 Å². The number of esters is 1. The van der Waals surface area contributed by atoms with Crippen LogP contribution in [-0.2, 0) is 28.5 Å². The molecule has 0 bridgehead atoms. The molecule has 1 saturated heterocycles. The monoisotopic (exact) mass is 314 g/mol. The first kappa shape index (κ1) is 17.4. The van der Waals surface area contributed by atoms with Crippen molar-refractivity contribution in [2.45, 2.75) is 69.9 Å². The smallest absolute Gasteiger partial charge is 0.338 e. The zero-order chi connectivity index (χ0) is 16.4. The molecule has 0 amide bonds. The van der Waals surface area contributed by atoms with E-state index in [2.05, 4.69) is 6.08 Å². The Morgan fingerprint density at radius 2 is 1.77 bits per heavy atom. The van der Waals surface area contributed by atoms with Crippen LogP contribution in [0.15, 0.2) is 12.2 Å². The van der Waals surface area contributed by atoms with Crippen LogP contribution in [-0.4, -0.2) is 50.1 Å². The molecular weight excluding hydrogens is 288 g/mol. The van der Waals surface area contributed by atoms with Gasteiger partial charge in [-0.2, -0.15) is 0 Å². The molecule has 0 aromatic rings. The third-order valence-corrected chi connectivity index (χ3v) is 4.47. The van der Waals surface area contributed by atoms with Gasteiger partial charge in [-0.3, -0.25) is 0 Å². The number of allylic oxidation sites excluding steroid dienone is 1. The van der Waals surface area contributed by atoms with E-state index in [0.29, 0.717) is 12.8 Å². The van der Waals surface area contributed by atoms with E-state index in [1.54, 1.807) is 13.8 Å². The number of fused-ring (bicyclic) bond motifs is 1. The van der Waals surface area contributed by atoms with Crippen LogP contribution in [0.4, 0.5) is 0 Å². The maximum atomic E-state index is 12.4. The fraction of sp³-hybridized carbons (Fsp3) is 0.812. The van der Waals surface area contributed by atoms with E-state index in [0.717, 1.165) is 6.42 Å². The summed E-state index contributed by atoms with van der Waals surface area (Å²) in [6.45, 7) is 5.30. The molecule has 0 aliphatic carbocycles. The van der Waals surface area contributed by atoms with Crippen molar-refractivity contribution >= 4 is 5.97 Å². The largest absolute Gasteiger partial charge is 0.460 e. The zero-order valence-electron chi connectivity index (χ0n) is 14.0. The van der Waals surface area contributed by atoms with Crippen LogP contribution < -0.4 is 0 Å². The first-order valence-corrected chi connectivity index (χ1v) is 7.66. The van der Waals surface area contributed by atoms with E-state index >= 15 is 0 Å². The summed E-state index contributed by atoms with van der Waals surface area (Å²) in [7, 11) is 3.03. The third-order valence-electron chi connectivity index (χ3n) is 4.47. The maximum absolute atomic E-state index is 12.4. The van der Waals surface area contributed by atoms with E-state index in [-0.39, 0.29) is 6.10 Å². The van der Waals surface area contributed by atoms with Crippen molar-refractivity contribution in [3.05, 3.63) is 12.2 Å². The van der Waals surface area contributed by atoms with Crippen molar-refractivity contribution in [2.24, 2.45) is 0 Å². The van der Waals surface area contributed by atoms with E-state index in [9.17, 15) is 4.79 Å². The van der Waals surface area contributed by atoms with Gasteiger partial charge in [0.05, 0.1) is 6.10 Å². The van der Waals surface area contributed by atoms with E-state index in [1.807, 2.05) is 13.0 Å². The van der Waals surface area contributed by atoms with Crippen LogP contribution in [0.1, 0.15) is 40.0 Å². The predicted octanol–water partition coefficient (Wildman–Crippen LogP) is 2.17. The molecule has 0 N–H and O–H groups in total. The number of cyclic esters (lactones) is 1. The van der Waals surface area contributed by atoms with Gasteiger partial charge in [-0.25, -0.2) is 4.79 Å². The lowest BCUT2D eigenvalue weighted by Gasteiger charge is -2.51. The van der Waals surface area contributed by atoms with Gasteiger partial charge in [0, 0.05) is 20.6 Å². The Balaban J connectivity index is 2.29. The number of hydrogen-bond donors (Lipinski definition) is 0. The van der Waals surface area contributed by atoms with Crippen molar-refractivity contribution in [2.75, 3.05) is 14.2 Å². The van der Waals surface area contributed by atoms with Crippen LogP contribution >= 0.6 is 0 Å². The Bertz CT molecular complexity index is 436. The molecule has 5 atom stereocenters. The Labute approximate surface area is 131 Å². The molecule has 0 aromatic heterocycles. The Hall–Kier alpha value is -0.950. The minimum atomic E-state index is -1.20. The van der Waals surface area contributed by atoms with Gasteiger partial charge in [0.25, 0.3) is 0 Å². The lowest BCUT2D eigenvalue weighted by atomic mass is 10.00. The van der Waals surface area contributed by atoms with Crippen LogP contribution in [0, 0.1) is 0 Å². The van der Waals surface area contributed by atoms with E-state index < -0.39 is 29.8 Å². The van der Waals surface area contributed by atoms with Crippen molar-refractivity contribution in [1.82, 2.24) is 0 Å². The topological polar surface area (TPSA) is 63.2 Å². The highest BCUT2D eigenvalue weighted by atomic mass is 16.8. The van der Waals surface area contributed by atoms with Gasteiger partial charge in [-0.05, 0) is 33.6 Å². The Morgan fingerprint density at radius 3 is 2.41 bits per heavy atom. The van der Waals surface area contributed by atoms with Gasteiger partial charge < -0.3 is 23.7 Å². The molecule has 0 spiro atoms. The third kappa shape index (κ3) is 3.20. The van der Waals surface area contributed by atoms with Crippen LogP contribution in [0.25, 0.3) is 0 Å². The molecule has 0 unspecified atom stereocenters. The Morgan fingerprint density at radius 1 is 1.14 bits per heavy atom. The summed E-state index contributed by atoms with van der Waals surface area (Å²) in [6, 6.07) is 0. The number of carbonyl (C=O) groups is 1. The van der Waals surface area contributed by atoms with Gasteiger partial charge in [0.15, 0.2) is 6.10 Å². The molecule has 0 saturated carbocycles. The fourth-order valence-electron chi connectivity index (χ4n) is 2.74. The summed E-state index contributed by atoms with van der Waals surface area (Å²) < 4.78 is 28.4. The second kappa shape index (κ2) is 6.66. The summed E-state index contributed by atoms with van der Waals surface area (Å²) in [5.74, 6) is -2.73. The van der Waals surface area contributed by atoms with E-state index in [1.165, 1.54) is 14.2 Å². The molecule has 6 nitrogen and oxygen atoms in total. The molecule has 2 heterocycles. The highest BCUT2D eigenvalue weighted by Crippen LogP contribution is 2.40. The summed E-state index contributed by atoms with van der Waals surface area (Å²) in [5.41, 5.74) is 0. The van der Waals surface area contributed by atoms with Crippen LogP contribution in [0.2, 0.25) is 0 Å². The van der Waals surface area contributed by atoms with Crippen molar-refractivity contribution < 1.29 is 28.5 Å². The van der Waals surface area contributed by atoms with Gasteiger partial charge in [-0.1, -0.05) is 12.2 Å². The highest BCUT2D eigenvalue weighted by Gasteiger charge is 2.58. The molecule has 22 heavy (non-hydrogen) atoms. The minimum Gasteiger partial charge on any atom is -0.460 e. The summed E-state index contributed by atoms with van der Waals surface area (Å²) in [6.07, 6.45) is 4.76. The van der Waals surface area contributed by atoms with Crippen LogP contribution in [0.3, 0.4) is 0 Å². The zero-order valence-corrected chi connectivity index (χ0v) is 14.0. The summed E-state index contributed by atoms with van der Waals surface area (Å²) in [5, 5.41) is 0. The minimum absolute atomic E-state index is 0.198. The number of rotatable bonds is 2. The van der Waals surface area contributed by atoms with Crippen molar-refractivity contribution in [1.29, 1.82) is 0 Å². The first-order valence-electron chi connectivity index (χ1n) is 7.66. The standard InChI is InChI=1S/C16H26O6/c1-11-9-7-6-8-10-12-13(14(17)20-11)22-16(3,19-5)15(2,18-4)21-12/h6-7,11-13H,8-10H2,1-5H3/b7-6+/t11-,12+,13-,15-,16-/m1/s1. The number of ether oxygens (including phenoxy) is 5. The molecule has 126 valence electrons. The first-order chi connectivity index (χ1) is 10.3. The fourth-order valence-corrected chi connectivity index (χ4v) is 2.74. The molecule has 1 fully saturated rings. The highest BCUT2D eigenvalue weighted by molar-refractivity contribution is 5.76. The molecular formula is C16H26O6. The normalized spacial score (nSPS) is 44.8. The Kier molecular flexibility index (Phi) is 5.27. The number of hydrogen-bond acceptors (Lipinski definition) is 6. The lowest BCUT2D eigenvalue weighted by molar-refractivity contribution is -0.444. The maximum Gasteiger partial charge on any atom is 0.338 e. The van der Waals surface area contributed by atoms with Gasteiger partial charge >= 0.3 is 5.97 Å². The average molecular weight is 314 g/mol. The van der Waals surface area contributed by atoms with Gasteiger partial charge in [0.1, 0.15) is 6.10 Å². The van der Waals surface area contributed by atoms with Crippen LogP contribution in [0.5, 0.6) is 0 Å². The lowest BCUT2D eigenvalue weighted by Crippen LogP contribution is -2.66. The number of methoxy groups -OCH3 is 2. The summed E-state index contributed by atoms with van der Waals surface area (Å²) in [4.78, 5) is 12.4. The molecule has 2 rings (SSSR count). The van der Waals surface area contributed by atoms with Crippen molar-refractivity contribution in [3.63, 3.8) is 0 Å². The molecule has 6 heteroatoms. The predicted molar refractivity (Wildman–Crippen MR) is 79.1 cm³/mol. The van der Waals surface area contributed by atoms with Gasteiger partial charge in [0.2, 0.25) is 11.6 Å². The average Bonchev–Trinajstić information content (AvgIpc) is 2.49. The molecule has 2 aliphatic rings. The second-order valence-electron chi connectivity index (χ2n) is 6.03. The SMILES string of the molecule is CO[C@]1(C)O[C@H]2CC/C=C/C[C@@H](C)OC(=O)[C@@H]2O[C@@]1(C)OC. The summed E-state index contributed by atoms with van der Waals surface area (Å²) >= 11 is 0. The second-order valence-corrected chi connectivity index (χ2v) is 6.03. The van der Waals surface area contributed by atoms with Crippen molar-refractivity contribution in [3.8, 4) is 0 Å². The molecule has 0 aromatic carbocycles. The number of carbonyl (C=O) groups excluding carboxylic acids is 1. The molecule has 2 aliphatic heterocycles. The van der Waals surface area contributed by atoms with E-state index in [4.69, 9.17) is 23.7 Å².